The van der Waals surface area contributed by atoms with Crippen molar-refractivity contribution in [2.45, 2.75) is 46.0 Å². The Balaban J connectivity index is 1.89. The number of aliphatic carboxylic acids is 1. The van der Waals surface area contributed by atoms with Gasteiger partial charge < -0.3 is 10.0 Å². The largest absolute Gasteiger partial charge is 0.481 e. The van der Waals surface area contributed by atoms with Gasteiger partial charge in [0.05, 0.1) is 4.88 Å². The van der Waals surface area contributed by atoms with Crippen molar-refractivity contribution < 1.29 is 14.7 Å². The Morgan fingerprint density at radius 2 is 2.05 bits per heavy atom. The molecule has 0 aromatic carbocycles. The van der Waals surface area contributed by atoms with E-state index in [1.165, 1.54) is 10.4 Å². The zero-order valence-corrected chi connectivity index (χ0v) is 13.5. The van der Waals surface area contributed by atoms with Gasteiger partial charge in [-0.05, 0) is 50.2 Å². The van der Waals surface area contributed by atoms with Gasteiger partial charge in [0, 0.05) is 24.4 Å². The number of carboxylic acids is 1. The maximum absolute atomic E-state index is 12.5. The average molecular weight is 309 g/mol. The Bertz CT molecular complexity index is 516. The van der Waals surface area contributed by atoms with E-state index < -0.39 is 5.97 Å². The summed E-state index contributed by atoms with van der Waals surface area (Å²) in [6.45, 7) is 5.68. The standard InChI is InChI=1S/C16H23NO3S/c1-3-13-10-14(21-11(13)2)16(20)17-8-6-12(7-9-17)4-5-15(18)19/h10,12H,3-9H2,1-2H3,(H,18,19). The van der Waals surface area contributed by atoms with E-state index in [4.69, 9.17) is 5.11 Å². The Hall–Kier alpha value is -1.36. The molecule has 0 spiro atoms. The number of carbonyl (C=O) groups excluding carboxylic acids is 1. The lowest BCUT2D eigenvalue weighted by molar-refractivity contribution is -0.137. The Labute approximate surface area is 129 Å². The summed E-state index contributed by atoms with van der Waals surface area (Å²) in [5.41, 5.74) is 1.26. The number of rotatable bonds is 5. The highest BCUT2D eigenvalue weighted by Crippen LogP contribution is 2.27. The topological polar surface area (TPSA) is 57.6 Å². The van der Waals surface area contributed by atoms with Gasteiger partial charge in [-0.2, -0.15) is 0 Å². The second kappa shape index (κ2) is 7.07. The fraction of sp³-hybridized carbons (Fsp3) is 0.625. The van der Waals surface area contributed by atoms with Gasteiger partial charge in [-0.25, -0.2) is 0 Å². The van der Waals surface area contributed by atoms with Gasteiger partial charge in [-0.15, -0.1) is 11.3 Å². The van der Waals surface area contributed by atoms with Crippen LogP contribution in [-0.4, -0.2) is 35.0 Å². The van der Waals surface area contributed by atoms with E-state index in [2.05, 4.69) is 13.8 Å². The summed E-state index contributed by atoms with van der Waals surface area (Å²) in [4.78, 5) is 27.1. The van der Waals surface area contributed by atoms with Crippen LogP contribution in [-0.2, 0) is 11.2 Å². The number of amides is 1. The normalized spacial score (nSPS) is 16.2. The fourth-order valence-electron chi connectivity index (χ4n) is 2.88. The molecular formula is C16H23NO3S. The molecule has 1 amide bonds. The van der Waals surface area contributed by atoms with Gasteiger partial charge in [0.15, 0.2) is 0 Å². The molecule has 4 nitrogen and oxygen atoms in total. The number of piperidine rings is 1. The van der Waals surface area contributed by atoms with Crippen LogP contribution in [0.5, 0.6) is 0 Å². The maximum atomic E-state index is 12.5. The molecule has 2 heterocycles. The van der Waals surface area contributed by atoms with Gasteiger partial charge in [-0.3, -0.25) is 9.59 Å². The minimum Gasteiger partial charge on any atom is -0.481 e. The van der Waals surface area contributed by atoms with E-state index >= 15 is 0 Å². The summed E-state index contributed by atoms with van der Waals surface area (Å²) in [6.07, 6.45) is 3.78. The average Bonchev–Trinajstić information content (AvgIpc) is 2.86. The zero-order chi connectivity index (χ0) is 15.4. The minimum absolute atomic E-state index is 0.138. The molecule has 1 aliphatic rings. The molecule has 1 aromatic rings. The molecule has 1 aliphatic heterocycles. The molecule has 0 unspecified atom stereocenters. The summed E-state index contributed by atoms with van der Waals surface area (Å²) in [6, 6.07) is 2.03. The lowest BCUT2D eigenvalue weighted by atomic mass is 9.92. The van der Waals surface area contributed by atoms with Crippen LogP contribution in [0.25, 0.3) is 0 Å². The highest BCUT2D eigenvalue weighted by molar-refractivity contribution is 7.14. The van der Waals surface area contributed by atoms with Crippen molar-refractivity contribution in [3.63, 3.8) is 0 Å². The van der Waals surface area contributed by atoms with Crippen LogP contribution < -0.4 is 0 Å². The molecule has 0 radical (unpaired) electrons. The summed E-state index contributed by atoms with van der Waals surface area (Å²) >= 11 is 1.59. The van der Waals surface area contributed by atoms with Crippen molar-refractivity contribution in [2.75, 3.05) is 13.1 Å². The number of nitrogens with zero attached hydrogens (tertiary/aromatic N) is 1. The lowest BCUT2D eigenvalue weighted by Crippen LogP contribution is -2.38. The first-order valence-corrected chi connectivity index (χ1v) is 8.43. The number of hydrogen-bond donors (Lipinski definition) is 1. The third-order valence-corrected chi connectivity index (χ3v) is 5.36. The number of carboxylic acid groups (broad SMARTS) is 1. The molecule has 0 atom stereocenters. The molecule has 1 aromatic heterocycles. The van der Waals surface area contributed by atoms with Crippen LogP contribution in [0.15, 0.2) is 6.07 Å². The number of thiophene rings is 1. The summed E-state index contributed by atoms with van der Waals surface area (Å²) in [5, 5.41) is 8.72. The fourth-order valence-corrected chi connectivity index (χ4v) is 3.97. The quantitative estimate of drug-likeness (QED) is 0.907. The Kier molecular flexibility index (Phi) is 5.39. The second-order valence-corrected chi connectivity index (χ2v) is 6.97. The van der Waals surface area contributed by atoms with Crippen molar-refractivity contribution in [1.82, 2.24) is 4.90 Å². The molecule has 21 heavy (non-hydrogen) atoms. The first-order valence-electron chi connectivity index (χ1n) is 7.61. The van der Waals surface area contributed by atoms with Crippen LogP contribution in [0.2, 0.25) is 0 Å². The van der Waals surface area contributed by atoms with E-state index in [1.54, 1.807) is 11.3 Å². The van der Waals surface area contributed by atoms with Gasteiger partial charge in [-0.1, -0.05) is 6.92 Å². The highest BCUT2D eigenvalue weighted by Gasteiger charge is 2.25. The van der Waals surface area contributed by atoms with Gasteiger partial charge in [0.2, 0.25) is 0 Å². The number of likely N-dealkylation sites (tertiary alicyclic amines) is 1. The lowest BCUT2D eigenvalue weighted by Gasteiger charge is -2.31. The molecule has 5 heteroatoms. The summed E-state index contributed by atoms with van der Waals surface area (Å²) in [5.74, 6) is -0.143. The second-order valence-electron chi connectivity index (χ2n) is 5.71. The van der Waals surface area contributed by atoms with E-state index in [9.17, 15) is 9.59 Å². The van der Waals surface area contributed by atoms with Crippen LogP contribution in [0.4, 0.5) is 0 Å². The molecule has 2 rings (SSSR count). The minimum atomic E-state index is -0.727. The number of carbonyl (C=O) groups is 2. The molecular weight excluding hydrogens is 286 g/mol. The SMILES string of the molecule is CCc1cc(C(=O)N2CCC(CCC(=O)O)CC2)sc1C. The smallest absolute Gasteiger partial charge is 0.303 e. The van der Waals surface area contributed by atoms with Gasteiger partial charge >= 0.3 is 5.97 Å². The van der Waals surface area contributed by atoms with Gasteiger partial charge in [0.1, 0.15) is 0 Å². The van der Waals surface area contributed by atoms with Crippen molar-refractivity contribution in [3.8, 4) is 0 Å². The molecule has 1 saturated heterocycles. The first kappa shape index (κ1) is 16.0. The Morgan fingerprint density at radius 1 is 1.38 bits per heavy atom. The van der Waals surface area contributed by atoms with Crippen molar-refractivity contribution in [3.05, 3.63) is 21.4 Å². The predicted octanol–water partition coefficient (Wildman–Crippen LogP) is 3.34. The van der Waals surface area contributed by atoms with Crippen LogP contribution in [0, 0.1) is 12.8 Å². The van der Waals surface area contributed by atoms with E-state index in [0.717, 1.165) is 43.6 Å². The number of aryl methyl sites for hydroxylation is 2. The van der Waals surface area contributed by atoms with Crippen LogP contribution in [0.1, 0.15) is 52.7 Å². The zero-order valence-electron chi connectivity index (χ0n) is 12.7. The Morgan fingerprint density at radius 3 is 2.57 bits per heavy atom. The van der Waals surface area contributed by atoms with E-state index in [0.29, 0.717) is 5.92 Å². The van der Waals surface area contributed by atoms with E-state index in [1.807, 2.05) is 11.0 Å². The number of hydrogen-bond acceptors (Lipinski definition) is 3. The first-order chi connectivity index (χ1) is 10.0. The summed E-state index contributed by atoms with van der Waals surface area (Å²) in [7, 11) is 0. The van der Waals surface area contributed by atoms with E-state index in [-0.39, 0.29) is 12.3 Å². The van der Waals surface area contributed by atoms with Crippen LogP contribution in [0.3, 0.4) is 0 Å². The van der Waals surface area contributed by atoms with Crippen molar-refractivity contribution in [1.29, 1.82) is 0 Å². The molecule has 116 valence electrons. The summed E-state index contributed by atoms with van der Waals surface area (Å²) < 4.78 is 0. The third kappa shape index (κ3) is 4.06. The van der Waals surface area contributed by atoms with Crippen LogP contribution >= 0.6 is 11.3 Å². The van der Waals surface area contributed by atoms with Gasteiger partial charge in [0.25, 0.3) is 5.91 Å². The molecule has 1 N–H and O–H groups in total. The maximum Gasteiger partial charge on any atom is 0.303 e. The molecule has 0 saturated carbocycles. The predicted molar refractivity (Wildman–Crippen MR) is 83.9 cm³/mol. The highest BCUT2D eigenvalue weighted by atomic mass is 32.1. The van der Waals surface area contributed by atoms with Crippen molar-refractivity contribution >= 4 is 23.2 Å². The molecule has 0 aliphatic carbocycles. The molecule has 1 fully saturated rings. The van der Waals surface area contributed by atoms with Crippen molar-refractivity contribution in [2.24, 2.45) is 5.92 Å². The monoisotopic (exact) mass is 309 g/mol. The third-order valence-electron chi connectivity index (χ3n) is 4.28. The molecule has 0 bridgehead atoms.